The van der Waals surface area contributed by atoms with Crippen LogP contribution >= 0.6 is 0 Å². The molecule has 0 aliphatic rings. The molecule has 0 saturated heterocycles. The smallest absolute Gasteiger partial charge is 0.329 e. The molecule has 0 aromatic heterocycles. The van der Waals surface area contributed by atoms with Crippen molar-refractivity contribution >= 4 is 0 Å². The van der Waals surface area contributed by atoms with Gasteiger partial charge in [-0.1, -0.05) is 20.3 Å². The molecule has 1 atom stereocenters. The van der Waals surface area contributed by atoms with Gasteiger partial charge in [0.2, 0.25) is 0 Å². The van der Waals surface area contributed by atoms with Gasteiger partial charge in [-0.3, -0.25) is 4.90 Å². The average Bonchev–Trinajstić information content (AvgIpc) is 2.01. The summed E-state index contributed by atoms with van der Waals surface area (Å²) >= 11 is 0. The molecule has 2 N–H and O–H groups in total. The molecule has 0 fully saturated rings. The summed E-state index contributed by atoms with van der Waals surface area (Å²) in [4.78, 5) is 1.39. The van der Waals surface area contributed by atoms with E-state index in [2.05, 4.69) is 0 Å². The van der Waals surface area contributed by atoms with E-state index in [-0.39, 0.29) is 6.54 Å². The van der Waals surface area contributed by atoms with Crippen molar-refractivity contribution < 1.29 is 13.2 Å². The summed E-state index contributed by atoms with van der Waals surface area (Å²) in [6, 6.07) is 0. The third-order valence-electron chi connectivity index (χ3n) is 2.20. The molecule has 0 spiro atoms. The number of halogens is 3. The third-order valence-corrected chi connectivity index (χ3v) is 2.20. The fraction of sp³-hybridized carbons (Fsp3) is 1.00. The van der Waals surface area contributed by atoms with Gasteiger partial charge in [-0.15, -0.1) is 0 Å². The molecule has 92 valence electrons. The molecule has 1 unspecified atom stereocenters. The van der Waals surface area contributed by atoms with Gasteiger partial charge in [0.1, 0.15) is 0 Å². The largest absolute Gasteiger partial charge is 0.401 e. The maximum atomic E-state index is 12.2. The van der Waals surface area contributed by atoms with Gasteiger partial charge in [0.25, 0.3) is 0 Å². The predicted octanol–water partition coefficient (Wildman–Crippen LogP) is 2.25. The van der Waals surface area contributed by atoms with Crippen LogP contribution in [0.25, 0.3) is 0 Å². The fourth-order valence-electron chi connectivity index (χ4n) is 1.70. The Hall–Kier alpha value is -0.290. The monoisotopic (exact) mass is 226 g/mol. The van der Waals surface area contributed by atoms with E-state index in [0.29, 0.717) is 19.0 Å². The van der Waals surface area contributed by atoms with Crippen LogP contribution in [0.1, 0.15) is 26.7 Å². The highest BCUT2D eigenvalue weighted by molar-refractivity contribution is 4.67. The van der Waals surface area contributed by atoms with Gasteiger partial charge in [-0.05, 0) is 12.3 Å². The summed E-state index contributed by atoms with van der Waals surface area (Å²) in [6.07, 6.45) is -2.16. The normalized spacial score (nSPS) is 14.6. The van der Waals surface area contributed by atoms with Gasteiger partial charge in [0, 0.05) is 19.6 Å². The minimum Gasteiger partial charge on any atom is -0.329 e. The zero-order valence-corrected chi connectivity index (χ0v) is 9.48. The Bertz CT molecular complexity index is 159. The van der Waals surface area contributed by atoms with Crippen LogP contribution < -0.4 is 5.73 Å². The average molecular weight is 226 g/mol. The first-order valence-electron chi connectivity index (χ1n) is 5.38. The van der Waals surface area contributed by atoms with E-state index in [4.69, 9.17) is 5.73 Å². The van der Waals surface area contributed by atoms with Crippen LogP contribution in [-0.4, -0.2) is 37.3 Å². The number of hydrogen-bond donors (Lipinski definition) is 1. The summed E-state index contributed by atoms with van der Waals surface area (Å²) in [7, 11) is 0. The van der Waals surface area contributed by atoms with Crippen LogP contribution in [-0.2, 0) is 0 Å². The van der Waals surface area contributed by atoms with Crippen molar-refractivity contribution in [3.05, 3.63) is 0 Å². The third kappa shape index (κ3) is 8.69. The summed E-state index contributed by atoms with van der Waals surface area (Å²) in [5.41, 5.74) is 5.29. The topological polar surface area (TPSA) is 29.3 Å². The minimum absolute atomic E-state index is 0.273. The molecule has 15 heavy (non-hydrogen) atoms. The lowest BCUT2D eigenvalue weighted by molar-refractivity contribution is -0.146. The van der Waals surface area contributed by atoms with E-state index in [1.807, 2.05) is 13.8 Å². The second-order valence-corrected chi connectivity index (χ2v) is 4.03. The lowest BCUT2D eigenvalue weighted by Crippen LogP contribution is -2.40. The molecule has 0 aromatic carbocycles. The van der Waals surface area contributed by atoms with Crippen molar-refractivity contribution in [3.63, 3.8) is 0 Å². The standard InChI is InChI=1S/C10H21F3N2/c1-3-4-9(2)7-15(6-5-14)8-10(11,12)13/h9H,3-8,14H2,1-2H3. The second-order valence-electron chi connectivity index (χ2n) is 4.03. The van der Waals surface area contributed by atoms with Crippen LogP contribution in [0.2, 0.25) is 0 Å². The Balaban J connectivity index is 4.03. The van der Waals surface area contributed by atoms with Gasteiger partial charge < -0.3 is 5.73 Å². The fourth-order valence-corrected chi connectivity index (χ4v) is 1.70. The van der Waals surface area contributed by atoms with Crippen molar-refractivity contribution in [2.24, 2.45) is 11.7 Å². The van der Waals surface area contributed by atoms with Gasteiger partial charge in [-0.25, -0.2) is 0 Å². The van der Waals surface area contributed by atoms with Crippen molar-refractivity contribution in [1.29, 1.82) is 0 Å². The molecule has 5 heteroatoms. The van der Waals surface area contributed by atoms with E-state index in [1.54, 1.807) is 0 Å². The highest BCUT2D eigenvalue weighted by Crippen LogP contribution is 2.17. The summed E-state index contributed by atoms with van der Waals surface area (Å²) < 4.78 is 36.5. The van der Waals surface area contributed by atoms with Crippen LogP contribution in [0.4, 0.5) is 13.2 Å². The molecule has 0 amide bonds. The zero-order chi connectivity index (χ0) is 11.9. The SMILES string of the molecule is CCCC(C)CN(CCN)CC(F)(F)F. The molecular formula is C10H21F3N2. The molecule has 0 saturated carbocycles. The van der Waals surface area contributed by atoms with Crippen LogP contribution in [0.5, 0.6) is 0 Å². The zero-order valence-electron chi connectivity index (χ0n) is 9.48. The molecule has 0 aliphatic carbocycles. The Morgan fingerprint density at radius 2 is 1.93 bits per heavy atom. The summed E-state index contributed by atoms with van der Waals surface area (Å²) in [5, 5.41) is 0. The minimum atomic E-state index is -4.12. The Morgan fingerprint density at radius 3 is 2.33 bits per heavy atom. The lowest BCUT2D eigenvalue weighted by Gasteiger charge is -2.25. The highest BCUT2D eigenvalue weighted by atomic mass is 19.4. The second kappa shape index (κ2) is 7.06. The van der Waals surface area contributed by atoms with E-state index >= 15 is 0 Å². The molecule has 0 radical (unpaired) electrons. The highest BCUT2D eigenvalue weighted by Gasteiger charge is 2.30. The number of nitrogens with two attached hydrogens (primary N) is 1. The molecular weight excluding hydrogens is 205 g/mol. The van der Waals surface area contributed by atoms with E-state index in [9.17, 15) is 13.2 Å². The lowest BCUT2D eigenvalue weighted by atomic mass is 10.1. The summed E-state index contributed by atoms with van der Waals surface area (Å²) in [6.45, 7) is 4.22. The first-order valence-corrected chi connectivity index (χ1v) is 5.38. The van der Waals surface area contributed by atoms with Crippen LogP contribution in [0.3, 0.4) is 0 Å². The molecule has 0 rings (SSSR count). The van der Waals surface area contributed by atoms with Gasteiger partial charge >= 0.3 is 6.18 Å². The Morgan fingerprint density at radius 1 is 1.33 bits per heavy atom. The maximum Gasteiger partial charge on any atom is 0.401 e. The van der Waals surface area contributed by atoms with Crippen molar-refractivity contribution in [2.75, 3.05) is 26.2 Å². The number of alkyl halides is 3. The van der Waals surface area contributed by atoms with Crippen molar-refractivity contribution in [2.45, 2.75) is 32.9 Å². The Kier molecular flexibility index (Phi) is 6.92. The van der Waals surface area contributed by atoms with Crippen LogP contribution in [0, 0.1) is 5.92 Å². The van der Waals surface area contributed by atoms with E-state index in [0.717, 1.165) is 12.8 Å². The molecule has 0 aromatic rings. The number of hydrogen-bond acceptors (Lipinski definition) is 2. The number of rotatable bonds is 7. The Labute approximate surface area is 89.6 Å². The molecule has 0 heterocycles. The van der Waals surface area contributed by atoms with Gasteiger partial charge in [0.05, 0.1) is 6.54 Å². The van der Waals surface area contributed by atoms with Crippen molar-refractivity contribution in [1.82, 2.24) is 4.90 Å². The van der Waals surface area contributed by atoms with E-state index < -0.39 is 12.7 Å². The predicted molar refractivity (Wildman–Crippen MR) is 55.6 cm³/mol. The van der Waals surface area contributed by atoms with Gasteiger partial charge in [-0.2, -0.15) is 13.2 Å². The van der Waals surface area contributed by atoms with Crippen LogP contribution in [0.15, 0.2) is 0 Å². The molecule has 0 bridgehead atoms. The summed E-state index contributed by atoms with van der Waals surface area (Å²) in [5.74, 6) is 0.295. The molecule has 2 nitrogen and oxygen atoms in total. The van der Waals surface area contributed by atoms with E-state index in [1.165, 1.54) is 4.90 Å². The van der Waals surface area contributed by atoms with Crippen molar-refractivity contribution in [3.8, 4) is 0 Å². The quantitative estimate of drug-likeness (QED) is 0.721. The number of nitrogens with zero attached hydrogens (tertiary/aromatic N) is 1. The first-order chi connectivity index (χ1) is 6.89. The molecule has 0 aliphatic heterocycles. The van der Waals surface area contributed by atoms with Gasteiger partial charge in [0.15, 0.2) is 0 Å². The first kappa shape index (κ1) is 14.7. The maximum absolute atomic E-state index is 12.2.